The molecule has 0 aliphatic heterocycles. The molecule has 5 heteroatoms. The van der Waals surface area contributed by atoms with E-state index in [1.54, 1.807) is 17.8 Å². The largest absolute Gasteiger partial charge is 0.349 e. The third-order valence-corrected chi connectivity index (χ3v) is 2.30. The predicted molar refractivity (Wildman–Crippen MR) is 58.8 cm³/mol. The molecule has 84 valence electrons. The number of hydrogen-bond acceptors (Lipinski definition) is 3. The lowest BCUT2D eigenvalue weighted by Gasteiger charge is -2.11. The Morgan fingerprint density at radius 1 is 1.67 bits per heavy atom. The molecule has 1 amide bonds. The third-order valence-electron chi connectivity index (χ3n) is 2.30. The summed E-state index contributed by atoms with van der Waals surface area (Å²) in [6.07, 6.45) is 0. The van der Waals surface area contributed by atoms with E-state index in [2.05, 4.69) is 15.7 Å². The van der Waals surface area contributed by atoms with Crippen LogP contribution in [0.3, 0.4) is 0 Å². The first kappa shape index (κ1) is 11.7. The van der Waals surface area contributed by atoms with Crippen LogP contribution in [0.15, 0.2) is 6.07 Å². The van der Waals surface area contributed by atoms with Crippen molar-refractivity contribution in [2.75, 3.05) is 13.6 Å². The van der Waals surface area contributed by atoms with E-state index >= 15 is 0 Å². The van der Waals surface area contributed by atoms with E-state index in [1.165, 1.54) is 0 Å². The van der Waals surface area contributed by atoms with Crippen molar-refractivity contribution in [3.05, 3.63) is 17.5 Å². The highest BCUT2D eigenvalue weighted by atomic mass is 16.2. The summed E-state index contributed by atoms with van der Waals surface area (Å²) in [6, 6.07) is 2.04. The molecule has 1 rings (SSSR count). The van der Waals surface area contributed by atoms with Gasteiger partial charge in [0.25, 0.3) is 5.91 Å². The number of likely N-dealkylation sites (N-methyl/N-ethyl adjacent to an activating group) is 1. The molecule has 0 radical (unpaired) electrons. The second-order valence-electron chi connectivity index (χ2n) is 3.69. The normalized spacial score (nSPS) is 12.5. The van der Waals surface area contributed by atoms with E-state index in [4.69, 9.17) is 0 Å². The number of nitrogens with one attached hydrogen (secondary N) is 2. The summed E-state index contributed by atoms with van der Waals surface area (Å²) in [5.74, 6) is -0.0831. The smallest absolute Gasteiger partial charge is 0.269 e. The van der Waals surface area contributed by atoms with Gasteiger partial charge in [-0.3, -0.25) is 9.48 Å². The summed E-state index contributed by atoms with van der Waals surface area (Å²) < 4.78 is 1.59. The Morgan fingerprint density at radius 3 is 2.80 bits per heavy atom. The average molecular weight is 210 g/mol. The van der Waals surface area contributed by atoms with Gasteiger partial charge in [0.2, 0.25) is 0 Å². The van der Waals surface area contributed by atoms with Crippen molar-refractivity contribution in [3.8, 4) is 0 Å². The maximum Gasteiger partial charge on any atom is 0.269 e. The zero-order valence-corrected chi connectivity index (χ0v) is 9.66. The molecular weight excluding hydrogens is 192 g/mol. The molecule has 5 nitrogen and oxygen atoms in total. The van der Waals surface area contributed by atoms with Crippen molar-refractivity contribution in [2.24, 2.45) is 7.05 Å². The standard InChI is InChI=1S/C10H18N4O/c1-7-5-9(14(4)13-7)10(15)12-6-8(2)11-3/h5,8,11H,6H2,1-4H3,(H,12,15). The van der Waals surface area contributed by atoms with Gasteiger partial charge in [-0.25, -0.2) is 0 Å². The number of amides is 1. The molecule has 15 heavy (non-hydrogen) atoms. The first-order chi connectivity index (χ1) is 7.04. The molecule has 0 fully saturated rings. The topological polar surface area (TPSA) is 58.9 Å². The van der Waals surface area contributed by atoms with E-state index < -0.39 is 0 Å². The monoisotopic (exact) mass is 210 g/mol. The van der Waals surface area contributed by atoms with Crippen LogP contribution in [0.1, 0.15) is 23.1 Å². The number of nitrogens with zero attached hydrogens (tertiary/aromatic N) is 2. The summed E-state index contributed by atoms with van der Waals surface area (Å²) in [5, 5.41) is 10.0. The Balaban J connectivity index is 2.58. The van der Waals surface area contributed by atoms with Gasteiger partial charge in [-0.2, -0.15) is 5.10 Å². The zero-order valence-electron chi connectivity index (χ0n) is 9.66. The highest BCUT2D eigenvalue weighted by Crippen LogP contribution is 2.01. The molecule has 0 saturated carbocycles. The number of rotatable bonds is 4. The summed E-state index contributed by atoms with van der Waals surface area (Å²) in [4.78, 5) is 11.7. The van der Waals surface area contributed by atoms with E-state index in [-0.39, 0.29) is 11.9 Å². The van der Waals surface area contributed by atoms with Crippen LogP contribution in [0.5, 0.6) is 0 Å². The molecule has 0 saturated heterocycles. The van der Waals surface area contributed by atoms with Crippen LogP contribution < -0.4 is 10.6 Å². The maximum absolute atomic E-state index is 11.7. The SMILES string of the molecule is CNC(C)CNC(=O)c1cc(C)nn1C. The number of aromatic nitrogens is 2. The minimum Gasteiger partial charge on any atom is -0.349 e. The summed E-state index contributed by atoms with van der Waals surface area (Å²) in [5.41, 5.74) is 1.44. The van der Waals surface area contributed by atoms with Crippen LogP contribution in [0.25, 0.3) is 0 Å². The lowest BCUT2D eigenvalue weighted by atomic mass is 10.3. The van der Waals surface area contributed by atoms with Crippen molar-refractivity contribution in [1.29, 1.82) is 0 Å². The van der Waals surface area contributed by atoms with Gasteiger partial charge >= 0.3 is 0 Å². The lowest BCUT2D eigenvalue weighted by Crippen LogP contribution is -2.37. The Morgan fingerprint density at radius 2 is 2.33 bits per heavy atom. The average Bonchev–Trinajstić information content (AvgIpc) is 2.53. The molecule has 0 aliphatic rings. The summed E-state index contributed by atoms with van der Waals surface area (Å²) >= 11 is 0. The van der Waals surface area contributed by atoms with E-state index in [0.717, 1.165) is 5.69 Å². The van der Waals surface area contributed by atoms with Crippen LogP contribution in [-0.2, 0) is 7.05 Å². The molecule has 1 aromatic rings. The van der Waals surface area contributed by atoms with Crippen LogP contribution in [0.2, 0.25) is 0 Å². The van der Waals surface area contributed by atoms with Crippen molar-refractivity contribution >= 4 is 5.91 Å². The molecule has 0 aliphatic carbocycles. The number of carbonyl (C=O) groups excluding carboxylic acids is 1. The van der Waals surface area contributed by atoms with Crippen LogP contribution >= 0.6 is 0 Å². The molecule has 0 bridgehead atoms. The molecule has 1 heterocycles. The Kier molecular flexibility index (Phi) is 3.85. The highest BCUT2D eigenvalue weighted by Gasteiger charge is 2.11. The summed E-state index contributed by atoms with van der Waals surface area (Å²) in [6.45, 7) is 4.49. The van der Waals surface area contributed by atoms with Crippen molar-refractivity contribution in [1.82, 2.24) is 20.4 Å². The number of aryl methyl sites for hydroxylation is 2. The first-order valence-electron chi connectivity index (χ1n) is 5.00. The fourth-order valence-corrected chi connectivity index (χ4v) is 1.26. The first-order valence-corrected chi connectivity index (χ1v) is 5.00. The van der Waals surface area contributed by atoms with E-state index in [0.29, 0.717) is 12.2 Å². The van der Waals surface area contributed by atoms with Gasteiger partial charge in [0.1, 0.15) is 5.69 Å². The molecule has 2 N–H and O–H groups in total. The highest BCUT2D eigenvalue weighted by molar-refractivity contribution is 5.92. The van der Waals surface area contributed by atoms with Crippen molar-refractivity contribution in [3.63, 3.8) is 0 Å². The minimum absolute atomic E-state index is 0.0831. The number of carbonyl (C=O) groups is 1. The molecule has 1 atom stereocenters. The molecule has 0 spiro atoms. The zero-order chi connectivity index (χ0) is 11.4. The minimum atomic E-state index is -0.0831. The van der Waals surface area contributed by atoms with Crippen molar-refractivity contribution < 1.29 is 4.79 Å². The van der Waals surface area contributed by atoms with E-state index in [1.807, 2.05) is 20.9 Å². The number of hydrogen-bond donors (Lipinski definition) is 2. The van der Waals surface area contributed by atoms with Crippen LogP contribution in [-0.4, -0.2) is 35.3 Å². The second kappa shape index (κ2) is 4.93. The van der Waals surface area contributed by atoms with Gasteiger partial charge in [-0.05, 0) is 27.0 Å². The molecular formula is C10H18N4O. The molecule has 1 aromatic heterocycles. The van der Waals surface area contributed by atoms with Gasteiger partial charge < -0.3 is 10.6 Å². The second-order valence-corrected chi connectivity index (χ2v) is 3.69. The predicted octanol–water partition coefficient (Wildman–Crippen LogP) is 0.0662. The van der Waals surface area contributed by atoms with Gasteiger partial charge in [0.05, 0.1) is 5.69 Å². The quantitative estimate of drug-likeness (QED) is 0.739. The van der Waals surface area contributed by atoms with Crippen LogP contribution in [0, 0.1) is 6.92 Å². The maximum atomic E-state index is 11.7. The van der Waals surface area contributed by atoms with Gasteiger partial charge in [-0.15, -0.1) is 0 Å². The van der Waals surface area contributed by atoms with Crippen LogP contribution in [0.4, 0.5) is 0 Å². The summed E-state index contributed by atoms with van der Waals surface area (Å²) in [7, 11) is 3.63. The fourth-order valence-electron chi connectivity index (χ4n) is 1.26. The third kappa shape index (κ3) is 3.06. The van der Waals surface area contributed by atoms with Gasteiger partial charge in [-0.1, -0.05) is 0 Å². The molecule has 1 unspecified atom stereocenters. The Hall–Kier alpha value is -1.36. The van der Waals surface area contributed by atoms with Crippen molar-refractivity contribution in [2.45, 2.75) is 19.9 Å². The lowest BCUT2D eigenvalue weighted by molar-refractivity contribution is 0.0941. The van der Waals surface area contributed by atoms with Gasteiger partial charge in [0.15, 0.2) is 0 Å². The Labute approximate surface area is 89.9 Å². The molecule has 0 aromatic carbocycles. The van der Waals surface area contributed by atoms with Gasteiger partial charge in [0, 0.05) is 19.6 Å². The van der Waals surface area contributed by atoms with E-state index in [9.17, 15) is 4.79 Å². The fraction of sp³-hybridized carbons (Fsp3) is 0.600. The Bertz CT molecular complexity index is 345.